The molecule has 1 atom stereocenters. The summed E-state index contributed by atoms with van der Waals surface area (Å²) in [5, 5.41) is 24.3. The molecule has 3 aromatic rings. The zero-order valence-corrected chi connectivity index (χ0v) is 22.7. The van der Waals surface area contributed by atoms with Gasteiger partial charge in [0.25, 0.3) is 11.8 Å². The lowest BCUT2D eigenvalue weighted by Gasteiger charge is -2.29. The first-order valence-corrected chi connectivity index (χ1v) is 13.3. The summed E-state index contributed by atoms with van der Waals surface area (Å²) >= 11 is 0. The topological polar surface area (TPSA) is 108 Å². The molecular formula is C29H36F3N5O3. The number of rotatable bonds is 14. The second kappa shape index (κ2) is 14.1. The van der Waals surface area contributed by atoms with Crippen LogP contribution in [0.3, 0.4) is 0 Å². The summed E-state index contributed by atoms with van der Waals surface area (Å²) in [6.07, 6.45) is -2.50. The van der Waals surface area contributed by atoms with Crippen LogP contribution in [0.25, 0.3) is 0 Å². The number of unbranched alkanes of at least 4 members (excludes halogenated alkanes) is 1. The van der Waals surface area contributed by atoms with Gasteiger partial charge in [-0.15, -0.1) is 0 Å². The van der Waals surface area contributed by atoms with Crippen molar-refractivity contribution in [3.8, 4) is 0 Å². The second-order valence-electron chi connectivity index (χ2n) is 9.71. The van der Waals surface area contributed by atoms with Crippen molar-refractivity contribution in [3.05, 3.63) is 88.7 Å². The number of hydrogen-bond acceptors (Lipinski definition) is 5. The van der Waals surface area contributed by atoms with Gasteiger partial charge in [0.1, 0.15) is 5.69 Å². The molecule has 8 nitrogen and oxygen atoms in total. The van der Waals surface area contributed by atoms with Crippen LogP contribution in [0.1, 0.15) is 64.4 Å². The predicted octanol–water partition coefficient (Wildman–Crippen LogP) is 3.95. The molecule has 0 spiro atoms. The Morgan fingerprint density at radius 1 is 0.925 bits per heavy atom. The van der Waals surface area contributed by atoms with Crippen molar-refractivity contribution in [1.29, 1.82) is 0 Å². The van der Waals surface area contributed by atoms with Crippen molar-refractivity contribution in [1.82, 2.24) is 25.7 Å². The van der Waals surface area contributed by atoms with Crippen LogP contribution in [-0.2, 0) is 25.7 Å². The lowest BCUT2D eigenvalue weighted by molar-refractivity contribution is -0.137. The van der Waals surface area contributed by atoms with Crippen LogP contribution in [-0.4, -0.2) is 51.9 Å². The molecule has 11 heteroatoms. The van der Waals surface area contributed by atoms with E-state index in [1.54, 1.807) is 6.07 Å². The molecule has 2 aromatic carbocycles. The third kappa shape index (κ3) is 8.92. The van der Waals surface area contributed by atoms with E-state index in [-0.39, 0.29) is 43.4 Å². The van der Waals surface area contributed by atoms with E-state index in [0.29, 0.717) is 18.7 Å². The maximum Gasteiger partial charge on any atom is 0.416 e. The average molecular weight is 560 g/mol. The second-order valence-corrected chi connectivity index (χ2v) is 9.71. The molecule has 0 saturated carbocycles. The van der Waals surface area contributed by atoms with Crippen molar-refractivity contribution in [3.63, 3.8) is 0 Å². The van der Waals surface area contributed by atoms with Gasteiger partial charge in [-0.3, -0.25) is 14.3 Å². The molecule has 1 aromatic heterocycles. The Labute approximate surface area is 232 Å². The summed E-state index contributed by atoms with van der Waals surface area (Å²) < 4.78 is 40.7. The molecule has 0 aliphatic heterocycles. The van der Waals surface area contributed by atoms with Gasteiger partial charge in [-0.1, -0.05) is 61.9 Å². The van der Waals surface area contributed by atoms with Gasteiger partial charge in [-0.25, -0.2) is 0 Å². The number of alkyl halides is 3. The molecule has 1 heterocycles. The highest BCUT2D eigenvalue weighted by Gasteiger charge is 2.31. The van der Waals surface area contributed by atoms with Gasteiger partial charge in [0.15, 0.2) is 5.69 Å². The van der Waals surface area contributed by atoms with Gasteiger partial charge in [0.2, 0.25) is 0 Å². The number of hydrogen-bond donors (Lipinski definition) is 4. The normalized spacial score (nSPS) is 13.1. The van der Waals surface area contributed by atoms with Gasteiger partial charge < -0.3 is 21.1 Å². The number of nitrogens with zero attached hydrogens (tertiary/aromatic N) is 2. The zero-order valence-electron chi connectivity index (χ0n) is 22.7. The lowest BCUT2D eigenvalue weighted by atomic mass is 9.94. The van der Waals surface area contributed by atoms with Crippen molar-refractivity contribution < 1.29 is 27.9 Å². The quantitative estimate of drug-likeness (QED) is 0.224. The maximum atomic E-state index is 13.1. The molecule has 0 radical (unpaired) electrons. The smallest absolute Gasteiger partial charge is 0.386 e. The first kappa shape index (κ1) is 30.8. The average Bonchev–Trinajstić information content (AvgIpc) is 3.37. The minimum atomic E-state index is -4.45. The highest BCUT2D eigenvalue weighted by Crippen LogP contribution is 2.29. The number of amides is 2. The van der Waals surface area contributed by atoms with Crippen LogP contribution < -0.4 is 16.0 Å². The Morgan fingerprint density at radius 3 is 2.33 bits per heavy atom. The van der Waals surface area contributed by atoms with Gasteiger partial charge >= 0.3 is 6.18 Å². The van der Waals surface area contributed by atoms with Gasteiger partial charge in [-0.05, 0) is 30.5 Å². The molecular weight excluding hydrogens is 523 g/mol. The van der Waals surface area contributed by atoms with Crippen LogP contribution in [0.5, 0.6) is 0 Å². The van der Waals surface area contributed by atoms with Gasteiger partial charge in [-0.2, -0.15) is 18.3 Å². The highest BCUT2D eigenvalue weighted by molar-refractivity contribution is 5.97. The summed E-state index contributed by atoms with van der Waals surface area (Å²) in [7, 11) is 0. The van der Waals surface area contributed by atoms with E-state index < -0.39 is 23.2 Å². The van der Waals surface area contributed by atoms with E-state index in [4.69, 9.17) is 0 Å². The Morgan fingerprint density at radius 2 is 1.65 bits per heavy atom. The monoisotopic (exact) mass is 559 g/mol. The van der Waals surface area contributed by atoms with Crippen molar-refractivity contribution in [2.75, 3.05) is 19.6 Å². The number of aliphatic hydroxyl groups is 1. The Balaban J connectivity index is 1.69. The summed E-state index contributed by atoms with van der Waals surface area (Å²) in [5.41, 5.74) is -0.667. The van der Waals surface area contributed by atoms with E-state index in [2.05, 4.69) is 21.0 Å². The van der Waals surface area contributed by atoms with E-state index in [1.807, 2.05) is 44.2 Å². The number of aromatic nitrogens is 2. The van der Waals surface area contributed by atoms with Crippen LogP contribution in [0, 0.1) is 0 Å². The third-order valence-corrected chi connectivity index (χ3v) is 6.35. The fraction of sp³-hybridized carbons (Fsp3) is 0.414. The molecule has 2 amide bonds. The highest BCUT2D eigenvalue weighted by atomic mass is 19.4. The number of halogens is 3. The van der Waals surface area contributed by atoms with Crippen LogP contribution in [0.4, 0.5) is 13.2 Å². The zero-order chi connectivity index (χ0) is 29.2. The fourth-order valence-electron chi connectivity index (χ4n) is 4.22. The number of benzene rings is 2. The fourth-order valence-corrected chi connectivity index (χ4v) is 4.22. The number of carbonyl (C=O) groups excluding carboxylic acids is 2. The van der Waals surface area contributed by atoms with Crippen molar-refractivity contribution in [2.45, 2.75) is 58.0 Å². The van der Waals surface area contributed by atoms with E-state index in [1.165, 1.54) is 16.8 Å². The predicted molar refractivity (Wildman–Crippen MR) is 146 cm³/mol. The maximum absolute atomic E-state index is 13.1. The summed E-state index contributed by atoms with van der Waals surface area (Å²) in [5.74, 6) is -0.875. The molecule has 0 saturated heterocycles. The molecule has 4 N–H and O–H groups in total. The Kier molecular flexibility index (Phi) is 10.9. The molecule has 0 unspecified atom stereocenters. The molecule has 0 aliphatic carbocycles. The molecule has 0 aliphatic rings. The summed E-state index contributed by atoms with van der Waals surface area (Å²) in [4.78, 5) is 25.5. The van der Waals surface area contributed by atoms with Crippen LogP contribution in [0.2, 0.25) is 0 Å². The van der Waals surface area contributed by atoms with E-state index in [9.17, 15) is 27.9 Å². The van der Waals surface area contributed by atoms with Gasteiger partial charge in [0.05, 0.1) is 11.2 Å². The largest absolute Gasteiger partial charge is 0.416 e. The Hall–Kier alpha value is -3.70. The van der Waals surface area contributed by atoms with Crippen molar-refractivity contribution >= 4 is 11.8 Å². The first-order chi connectivity index (χ1) is 19.0. The number of nitrogens with one attached hydrogen (secondary N) is 3. The Bertz CT molecular complexity index is 1260. The first-order valence-electron chi connectivity index (χ1n) is 13.3. The van der Waals surface area contributed by atoms with E-state index >= 15 is 0 Å². The summed E-state index contributed by atoms with van der Waals surface area (Å²) in [6, 6.07) is 15.6. The standard InChI is InChI=1S/C29H36F3N5O3/c1-3-5-14-34-27(39)25-16-24(36-37(25)4-2)26(38)35-20-28(40,17-21-10-7-6-8-11-21)19-33-18-22-12-9-13-23(15-22)29(30,31)32/h6-13,15-16,33,40H,3-5,14,17-20H2,1-2H3,(H,34,39)(H,35,38)/t28-/m1/s1. The van der Waals surface area contributed by atoms with Crippen LogP contribution >= 0.6 is 0 Å². The molecule has 216 valence electrons. The molecule has 40 heavy (non-hydrogen) atoms. The SMILES string of the molecule is CCCCNC(=O)c1cc(C(=O)NC[C@](O)(CNCc2cccc(C(F)(F)F)c2)Cc2ccccc2)nn1CC. The van der Waals surface area contributed by atoms with E-state index in [0.717, 1.165) is 30.5 Å². The third-order valence-electron chi connectivity index (χ3n) is 6.35. The summed E-state index contributed by atoms with van der Waals surface area (Å²) in [6.45, 7) is 4.66. The minimum Gasteiger partial charge on any atom is -0.386 e. The van der Waals surface area contributed by atoms with Crippen LogP contribution in [0.15, 0.2) is 60.7 Å². The molecule has 3 rings (SSSR count). The lowest BCUT2D eigenvalue weighted by Crippen LogP contribution is -2.51. The van der Waals surface area contributed by atoms with Crippen molar-refractivity contribution in [2.24, 2.45) is 0 Å². The number of carbonyl (C=O) groups is 2. The number of aryl methyl sites for hydroxylation is 1. The molecule has 0 fully saturated rings. The molecule has 0 bridgehead atoms. The van der Waals surface area contributed by atoms with Gasteiger partial charge in [0, 0.05) is 45.2 Å². The minimum absolute atomic E-state index is 0.00704.